The number of likely N-dealkylation sites (tertiary alicyclic amines) is 1. The molecule has 1 aromatic rings. The molecule has 0 radical (unpaired) electrons. The van der Waals surface area contributed by atoms with E-state index >= 15 is 0 Å². The highest BCUT2D eigenvalue weighted by molar-refractivity contribution is 6.33. The number of anilines is 1. The van der Waals surface area contributed by atoms with E-state index < -0.39 is 0 Å². The molecule has 0 aliphatic carbocycles. The Labute approximate surface area is 119 Å². The number of halogens is 1. The number of amides is 1. The summed E-state index contributed by atoms with van der Waals surface area (Å²) in [5.41, 5.74) is 1.81. The highest BCUT2D eigenvalue weighted by Gasteiger charge is 2.21. The molecule has 19 heavy (non-hydrogen) atoms. The van der Waals surface area contributed by atoms with Crippen LogP contribution >= 0.6 is 11.6 Å². The summed E-state index contributed by atoms with van der Waals surface area (Å²) in [6.45, 7) is 6.99. The van der Waals surface area contributed by atoms with Gasteiger partial charge in [-0.25, -0.2) is 0 Å². The van der Waals surface area contributed by atoms with E-state index in [1.54, 1.807) is 0 Å². The van der Waals surface area contributed by atoms with E-state index in [9.17, 15) is 4.79 Å². The zero-order valence-corrected chi connectivity index (χ0v) is 12.4. The second kappa shape index (κ2) is 6.40. The number of benzene rings is 1. The first kappa shape index (κ1) is 14.4. The summed E-state index contributed by atoms with van der Waals surface area (Å²) >= 11 is 6.11. The van der Waals surface area contributed by atoms with Crippen molar-refractivity contribution >= 4 is 23.2 Å². The molecule has 0 bridgehead atoms. The first-order chi connectivity index (χ1) is 9.04. The Kier molecular flexibility index (Phi) is 4.83. The van der Waals surface area contributed by atoms with Gasteiger partial charge in [0.25, 0.3) is 5.91 Å². The second-order valence-electron chi connectivity index (χ2n) is 5.64. The van der Waals surface area contributed by atoms with E-state index in [1.807, 2.05) is 25.1 Å². The van der Waals surface area contributed by atoms with Gasteiger partial charge in [-0.15, -0.1) is 0 Å². The maximum atomic E-state index is 12.0. The summed E-state index contributed by atoms with van der Waals surface area (Å²) in [6.07, 6.45) is 2.43. The zero-order chi connectivity index (χ0) is 13.8. The lowest BCUT2D eigenvalue weighted by Crippen LogP contribution is -3.14. The van der Waals surface area contributed by atoms with Crippen LogP contribution in [0.3, 0.4) is 0 Å². The molecule has 1 aliphatic heterocycles. The Morgan fingerprint density at radius 2 is 2.11 bits per heavy atom. The van der Waals surface area contributed by atoms with Crippen molar-refractivity contribution in [2.24, 2.45) is 5.92 Å². The van der Waals surface area contributed by atoms with E-state index in [-0.39, 0.29) is 5.91 Å². The van der Waals surface area contributed by atoms with E-state index in [1.165, 1.54) is 17.7 Å². The molecule has 2 rings (SSSR count). The summed E-state index contributed by atoms with van der Waals surface area (Å²) < 4.78 is 0. The van der Waals surface area contributed by atoms with Crippen LogP contribution in [0.25, 0.3) is 0 Å². The third-order valence-electron chi connectivity index (χ3n) is 3.79. The standard InChI is InChI=1S/C15H21ClN2O/c1-11-5-7-18(8-6-11)10-15(19)17-14-4-3-12(2)9-13(14)16/h3-4,9,11H,5-8,10H2,1-2H3,(H,17,19)/p+1. The van der Waals surface area contributed by atoms with Crippen molar-refractivity contribution in [2.75, 3.05) is 25.0 Å². The molecule has 2 N–H and O–H groups in total. The minimum Gasteiger partial charge on any atom is -0.327 e. The topological polar surface area (TPSA) is 33.5 Å². The predicted molar refractivity (Wildman–Crippen MR) is 78.8 cm³/mol. The molecule has 0 atom stereocenters. The smallest absolute Gasteiger partial charge is 0.279 e. The van der Waals surface area contributed by atoms with Crippen LogP contribution in [0.1, 0.15) is 25.3 Å². The third kappa shape index (κ3) is 4.22. The van der Waals surface area contributed by atoms with Crippen LogP contribution in [-0.4, -0.2) is 25.5 Å². The van der Waals surface area contributed by atoms with Gasteiger partial charge in [0.15, 0.2) is 6.54 Å². The van der Waals surface area contributed by atoms with E-state index in [0.717, 1.165) is 24.6 Å². The summed E-state index contributed by atoms with van der Waals surface area (Å²) in [7, 11) is 0. The normalized spacial score (nSPS) is 23.1. The molecule has 0 unspecified atom stereocenters. The molecule has 1 heterocycles. The van der Waals surface area contributed by atoms with Crippen LogP contribution in [0.2, 0.25) is 5.02 Å². The molecule has 3 nitrogen and oxygen atoms in total. The van der Waals surface area contributed by atoms with E-state index in [0.29, 0.717) is 17.3 Å². The summed E-state index contributed by atoms with van der Waals surface area (Å²) in [5.74, 6) is 0.855. The molecule has 4 heteroatoms. The van der Waals surface area contributed by atoms with Gasteiger partial charge >= 0.3 is 0 Å². The lowest BCUT2D eigenvalue weighted by Gasteiger charge is -2.26. The van der Waals surface area contributed by atoms with Crippen molar-refractivity contribution in [3.8, 4) is 0 Å². The molecule has 1 fully saturated rings. The zero-order valence-electron chi connectivity index (χ0n) is 11.6. The Bertz CT molecular complexity index is 453. The molecular formula is C15H22ClN2O+. The Balaban J connectivity index is 1.87. The van der Waals surface area contributed by atoms with Gasteiger partial charge in [-0.1, -0.05) is 24.6 Å². The summed E-state index contributed by atoms with van der Waals surface area (Å²) in [4.78, 5) is 13.4. The fraction of sp³-hybridized carbons (Fsp3) is 0.533. The number of hydrogen-bond donors (Lipinski definition) is 2. The number of rotatable bonds is 3. The maximum Gasteiger partial charge on any atom is 0.279 e. The van der Waals surface area contributed by atoms with Crippen molar-refractivity contribution in [1.82, 2.24) is 0 Å². The monoisotopic (exact) mass is 281 g/mol. The van der Waals surface area contributed by atoms with Crippen LogP contribution in [-0.2, 0) is 4.79 Å². The quantitative estimate of drug-likeness (QED) is 0.872. The number of nitrogens with one attached hydrogen (secondary N) is 2. The number of carbonyl (C=O) groups is 1. The maximum absolute atomic E-state index is 12.0. The van der Waals surface area contributed by atoms with Crippen LogP contribution in [0.5, 0.6) is 0 Å². The van der Waals surface area contributed by atoms with Crippen molar-refractivity contribution in [1.29, 1.82) is 0 Å². The molecule has 1 saturated heterocycles. The number of piperidine rings is 1. The first-order valence-corrected chi connectivity index (χ1v) is 7.32. The van der Waals surface area contributed by atoms with Gasteiger partial charge in [-0.05, 0) is 43.4 Å². The fourth-order valence-corrected chi connectivity index (χ4v) is 2.77. The van der Waals surface area contributed by atoms with Crippen LogP contribution in [0.15, 0.2) is 18.2 Å². The molecule has 0 aromatic heterocycles. The molecule has 104 valence electrons. The summed E-state index contributed by atoms with van der Waals surface area (Å²) in [6, 6.07) is 5.69. The van der Waals surface area contributed by atoms with Crippen molar-refractivity contribution in [2.45, 2.75) is 26.7 Å². The molecule has 1 aliphatic rings. The Morgan fingerprint density at radius 1 is 1.42 bits per heavy atom. The lowest BCUT2D eigenvalue weighted by molar-refractivity contribution is -0.897. The van der Waals surface area contributed by atoms with Crippen molar-refractivity contribution in [3.05, 3.63) is 28.8 Å². The number of aryl methyl sites for hydroxylation is 1. The van der Waals surface area contributed by atoms with E-state index in [2.05, 4.69) is 12.2 Å². The number of hydrogen-bond acceptors (Lipinski definition) is 1. The van der Waals surface area contributed by atoms with Gasteiger partial charge < -0.3 is 10.2 Å². The largest absolute Gasteiger partial charge is 0.327 e. The van der Waals surface area contributed by atoms with Crippen LogP contribution in [0.4, 0.5) is 5.69 Å². The number of quaternary nitrogens is 1. The van der Waals surface area contributed by atoms with Crippen LogP contribution in [0, 0.1) is 12.8 Å². The first-order valence-electron chi connectivity index (χ1n) is 6.94. The van der Waals surface area contributed by atoms with Gasteiger partial charge in [0.1, 0.15) is 0 Å². The molecule has 1 amide bonds. The lowest BCUT2D eigenvalue weighted by atomic mass is 9.99. The minimum absolute atomic E-state index is 0.0512. The molecule has 0 saturated carbocycles. The highest BCUT2D eigenvalue weighted by atomic mass is 35.5. The molecule has 1 aromatic carbocycles. The molecular weight excluding hydrogens is 260 g/mol. The minimum atomic E-state index is 0.0512. The predicted octanol–water partition coefficient (Wildman–Crippen LogP) is 1.90. The number of carbonyl (C=O) groups excluding carboxylic acids is 1. The van der Waals surface area contributed by atoms with Gasteiger partial charge in [0.2, 0.25) is 0 Å². The average Bonchev–Trinajstić information content (AvgIpc) is 2.36. The third-order valence-corrected chi connectivity index (χ3v) is 4.10. The van der Waals surface area contributed by atoms with Gasteiger partial charge in [-0.2, -0.15) is 0 Å². The van der Waals surface area contributed by atoms with Gasteiger partial charge in [0.05, 0.1) is 23.8 Å². The highest BCUT2D eigenvalue weighted by Crippen LogP contribution is 2.22. The van der Waals surface area contributed by atoms with Gasteiger partial charge in [0, 0.05) is 0 Å². The SMILES string of the molecule is Cc1ccc(NC(=O)C[NH+]2CCC(C)CC2)c(Cl)c1. The van der Waals surface area contributed by atoms with E-state index in [4.69, 9.17) is 11.6 Å². The van der Waals surface area contributed by atoms with Crippen molar-refractivity contribution in [3.63, 3.8) is 0 Å². The van der Waals surface area contributed by atoms with Crippen LogP contribution < -0.4 is 10.2 Å². The van der Waals surface area contributed by atoms with Gasteiger partial charge in [-0.3, -0.25) is 4.79 Å². The fourth-order valence-electron chi connectivity index (χ4n) is 2.49. The Morgan fingerprint density at radius 3 is 2.74 bits per heavy atom. The summed E-state index contributed by atoms with van der Waals surface area (Å²) in [5, 5.41) is 3.51. The molecule has 0 spiro atoms. The Hall–Kier alpha value is -1.06. The second-order valence-corrected chi connectivity index (χ2v) is 6.05. The van der Waals surface area contributed by atoms with Crippen molar-refractivity contribution < 1.29 is 9.69 Å². The average molecular weight is 282 g/mol.